The van der Waals surface area contributed by atoms with Crippen LogP contribution in [0.5, 0.6) is 23.0 Å². The number of hydrogen-bond donors (Lipinski definition) is 1. The molecule has 2 aromatic carbocycles. The first kappa shape index (κ1) is 24.1. The van der Waals surface area contributed by atoms with Crippen LogP contribution in [0.1, 0.15) is 31.0 Å². The number of aromatic nitrogens is 1. The standard InChI is InChI=1S/C25H21BrN2O7S/c1-4-33-24(31)20-12(2)27-25-28(21(20)14-5-6-16-17(10-14)35-11-34-16)23(30)19(36-25)9-13-7-15(26)22(29)18(8-13)32-3/h5-10,21,29H,4,11H2,1-3H3/b19-9-/t21-/m1/s1. The van der Waals surface area contributed by atoms with Gasteiger partial charge in [-0.15, -0.1) is 0 Å². The van der Waals surface area contributed by atoms with E-state index in [2.05, 4.69) is 20.9 Å². The molecule has 1 aromatic heterocycles. The van der Waals surface area contributed by atoms with Gasteiger partial charge in [0.15, 0.2) is 27.8 Å². The van der Waals surface area contributed by atoms with Crippen molar-refractivity contribution in [2.24, 2.45) is 4.99 Å². The summed E-state index contributed by atoms with van der Waals surface area (Å²) in [7, 11) is 1.45. The van der Waals surface area contributed by atoms with Crippen molar-refractivity contribution < 1.29 is 28.8 Å². The molecule has 36 heavy (non-hydrogen) atoms. The number of hydrogen-bond acceptors (Lipinski definition) is 9. The summed E-state index contributed by atoms with van der Waals surface area (Å²) in [6, 6.07) is 7.87. The lowest BCUT2D eigenvalue weighted by Gasteiger charge is -2.24. The first-order chi connectivity index (χ1) is 17.3. The first-order valence-electron chi connectivity index (χ1n) is 11.0. The molecule has 0 unspecified atom stereocenters. The summed E-state index contributed by atoms with van der Waals surface area (Å²) in [5, 5.41) is 10.1. The summed E-state index contributed by atoms with van der Waals surface area (Å²) >= 11 is 4.51. The molecular formula is C25H21BrN2O7S. The summed E-state index contributed by atoms with van der Waals surface area (Å²) in [6.07, 6.45) is 1.69. The second-order valence-corrected chi connectivity index (χ2v) is 9.83. The number of phenolic OH excluding ortho intramolecular Hbond substituents is 1. The topological polar surface area (TPSA) is 109 Å². The number of phenols is 1. The lowest BCUT2D eigenvalue weighted by molar-refractivity contribution is -0.139. The van der Waals surface area contributed by atoms with E-state index in [4.69, 9.17) is 18.9 Å². The molecule has 3 heterocycles. The van der Waals surface area contributed by atoms with Gasteiger partial charge in [-0.1, -0.05) is 17.4 Å². The average Bonchev–Trinajstić information content (AvgIpc) is 3.44. The Bertz CT molecular complexity index is 1610. The van der Waals surface area contributed by atoms with E-state index in [9.17, 15) is 14.7 Å². The van der Waals surface area contributed by atoms with Crippen LogP contribution in [-0.4, -0.2) is 36.2 Å². The summed E-state index contributed by atoms with van der Waals surface area (Å²) in [5.41, 5.74) is 1.74. The summed E-state index contributed by atoms with van der Waals surface area (Å²) in [6.45, 7) is 3.74. The molecule has 186 valence electrons. The second kappa shape index (κ2) is 9.47. The van der Waals surface area contributed by atoms with Crippen LogP contribution in [0, 0.1) is 0 Å². The van der Waals surface area contributed by atoms with Crippen LogP contribution in [0.2, 0.25) is 0 Å². The van der Waals surface area contributed by atoms with Gasteiger partial charge in [0.25, 0.3) is 5.56 Å². The minimum Gasteiger partial charge on any atom is -0.503 e. The van der Waals surface area contributed by atoms with E-state index >= 15 is 0 Å². The van der Waals surface area contributed by atoms with Gasteiger partial charge in [-0.25, -0.2) is 9.79 Å². The molecule has 0 bridgehead atoms. The number of esters is 1. The fourth-order valence-electron chi connectivity index (χ4n) is 4.17. The van der Waals surface area contributed by atoms with Gasteiger partial charge in [-0.3, -0.25) is 9.36 Å². The van der Waals surface area contributed by atoms with Crippen molar-refractivity contribution in [2.45, 2.75) is 19.9 Å². The van der Waals surface area contributed by atoms with E-state index in [-0.39, 0.29) is 36.0 Å². The molecule has 1 N–H and O–H groups in total. The van der Waals surface area contributed by atoms with Crippen molar-refractivity contribution in [1.82, 2.24) is 4.57 Å². The number of ether oxygens (including phenoxy) is 4. The van der Waals surface area contributed by atoms with Gasteiger partial charge in [0.2, 0.25) is 6.79 Å². The number of thiazole rings is 1. The zero-order valence-electron chi connectivity index (χ0n) is 19.5. The third kappa shape index (κ3) is 4.07. The van der Waals surface area contributed by atoms with Gasteiger partial charge < -0.3 is 24.1 Å². The van der Waals surface area contributed by atoms with Crippen LogP contribution in [0.3, 0.4) is 0 Å². The van der Waals surface area contributed by atoms with Crippen molar-refractivity contribution in [3.8, 4) is 23.0 Å². The van der Waals surface area contributed by atoms with Crippen LogP contribution in [-0.2, 0) is 9.53 Å². The molecule has 5 rings (SSSR count). The van der Waals surface area contributed by atoms with Gasteiger partial charge in [0, 0.05) is 0 Å². The van der Waals surface area contributed by atoms with Crippen molar-refractivity contribution in [1.29, 1.82) is 0 Å². The third-order valence-corrected chi connectivity index (χ3v) is 7.39. The van der Waals surface area contributed by atoms with Crippen LogP contribution in [0.25, 0.3) is 6.08 Å². The Morgan fingerprint density at radius 3 is 2.83 bits per heavy atom. The van der Waals surface area contributed by atoms with E-state index in [0.29, 0.717) is 42.1 Å². The lowest BCUT2D eigenvalue weighted by atomic mass is 9.95. The monoisotopic (exact) mass is 572 g/mol. The molecule has 11 heteroatoms. The molecular weight excluding hydrogens is 552 g/mol. The normalized spacial score (nSPS) is 16.6. The third-order valence-electron chi connectivity index (χ3n) is 5.80. The largest absolute Gasteiger partial charge is 0.503 e. The van der Waals surface area contributed by atoms with Gasteiger partial charge in [0.1, 0.15) is 0 Å². The minimum absolute atomic E-state index is 0.0337. The Kier molecular flexibility index (Phi) is 6.35. The van der Waals surface area contributed by atoms with Crippen LogP contribution >= 0.6 is 27.3 Å². The highest BCUT2D eigenvalue weighted by atomic mass is 79.9. The van der Waals surface area contributed by atoms with E-state index in [1.165, 1.54) is 23.0 Å². The quantitative estimate of drug-likeness (QED) is 0.468. The maximum absolute atomic E-state index is 13.7. The van der Waals surface area contributed by atoms with Gasteiger partial charge in [-0.05, 0) is 71.2 Å². The smallest absolute Gasteiger partial charge is 0.338 e. The lowest BCUT2D eigenvalue weighted by Crippen LogP contribution is -2.39. The zero-order valence-corrected chi connectivity index (χ0v) is 21.9. The average molecular weight is 573 g/mol. The van der Waals surface area contributed by atoms with Gasteiger partial charge in [-0.2, -0.15) is 0 Å². The maximum Gasteiger partial charge on any atom is 0.338 e. The second-order valence-electron chi connectivity index (χ2n) is 7.97. The molecule has 0 spiro atoms. The molecule has 0 amide bonds. The summed E-state index contributed by atoms with van der Waals surface area (Å²) in [4.78, 5) is 31.8. The fraction of sp³-hybridized carbons (Fsp3) is 0.240. The molecule has 0 aliphatic carbocycles. The fourth-order valence-corrected chi connectivity index (χ4v) is 5.68. The zero-order chi connectivity index (χ0) is 25.6. The number of aromatic hydroxyl groups is 1. The van der Waals surface area contributed by atoms with E-state index in [1.54, 1.807) is 50.3 Å². The number of nitrogens with zero attached hydrogens (tertiary/aromatic N) is 2. The number of allylic oxidation sites excluding steroid dienone is 1. The van der Waals surface area contributed by atoms with Crippen LogP contribution in [0.4, 0.5) is 0 Å². The van der Waals surface area contributed by atoms with E-state index in [1.807, 2.05) is 0 Å². The molecule has 2 aliphatic heterocycles. The molecule has 1 atom stereocenters. The van der Waals surface area contributed by atoms with Crippen molar-refractivity contribution in [3.63, 3.8) is 0 Å². The van der Waals surface area contributed by atoms with Gasteiger partial charge in [0.05, 0.1) is 40.0 Å². The van der Waals surface area contributed by atoms with Crippen molar-refractivity contribution in [2.75, 3.05) is 20.5 Å². The molecule has 0 saturated heterocycles. The highest BCUT2D eigenvalue weighted by Crippen LogP contribution is 2.38. The van der Waals surface area contributed by atoms with Gasteiger partial charge >= 0.3 is 5.97 Å². The van der Waals surface area contributed by atoms with Crippen molar-refractivity contribution in [3.05, 3.63) is 76.9 Å². The predicted molar refractivity (Wildman–Crippen MR) is 135 cm³/mol. The van der Waals surface area contributed by atoms with Crippen molar-refractivity contribution >= 4 is 39.3 Å². The SMILES string of the molecule is CCOC(=O)C1=C(C)N=c2s/c(=C\c3cc(Br)c(O)c(OC)c3)c(=O)n2[C@@H]1c1ccc2c(c1)OCO2. The number of halogens is 1. The molecule has 0 radical (unpaired) electrons. The summed E-state index contributed by atoms with van der Waals surface area (Å²) < 4.78 is 23.9. The van der Waals surface area contributed by atoms with Crippen LogP contribution in [0.15, 0.2) is 55.9 Å². The Morgan fingerprint density at radius 2 is 2.08 bits per heavy atom. The maximum atomic E-state index is 13.7. The molecule has 0 fully saturated rings. The van der Waals surface area contributed by atoms with Crippen LogP contribution < -0.4 is 29.1 Å². The highest BCUT2D eigenvalue weighted by Gasteiger charge is 2.34. The number of carbonyl (C=O) groups excluding carboxylic acids is 1. The number of benzene rings is 2. The number of fused-ring (bicyclic) bond motifs is 2. The highest BCUT2D eigenvalue weighted by molar-refractivity contribution is 9.10. The molecule has 2 aliphatic rings. The molecule has 0 saturated carbocycles. The number of carbonyl (C=O) groups is 1. The Balaban J connectivity index is 1.72. The van der Waals surface area contributed by atoms with E-state index < -0.39 is 12.0 Å². The number of rotatable bonds is 5. The minimum atomic E-state index is -0.766. The molecule has 9 nitrogen and oxygen atoms in total. The predicted octanol–water partition coefficient (Wildman–Crippen LogP) is 3.00. The van der Waals surface area contributed by atoms with E-state index in [0.717, 1.165) is 0 Å². The molecule has 3 aromatic rings. The Morgan fingerprint density at radius 1 is 1.31 bits per heavy atom. The Hall–Kier alpha value is -3.57. The first-order valence-corrected chi connectivity index (χ1v) is 12.6. The Labute approximate surface area is 217 Å². The number of methoxy groups -OCH3 is 1. The summed E-state index contributed by atoms with van der Waals surface area (Å²) in [5.74, 6) is 0.823.